The highest BCUT2D eigenvalue weighted by atomic mass is 32.1. The average molecular weight is 225 g/mol. The molecular weight excluding hydrogens is 214 g/mol. The van der Waals surface area contributed by atoms with Crippen LogP contribution in [0.1, 0.15) is 5.56 Å². The zero-order chi connectivity index (χ0) is 10.7. The van der Waals surface area contributed by atoms with Gasteiger partial charge in [-0.05, 0) is 17.7 Å². The van der Waals surface area contributed by atoms with E-state index in [0.717, 1.165) is 17.1 Å². The quantitative estimate of drug-likeness (QED) is 0.751. The van der Waals surface area contributed by atoms with E-state index in [2.05, 4.69) is 17.9 Å². The molecule has 0 saturated heterocycles. The van der Waals surface area contributed by atoms with Crippen molar-refractivity contribution in [3.63, 3.8) is 0 Å². The van der Waals surface area contributed by atoms with Gasteiger partial charge in [-0.2, -0.15) is 0 Å². The molecule has 80 valence electrons. The molecule has 2 rings (SSSR count). The van der Waals surface area contributed by atoms with Crippen molar-refractivity contribution in [3.8, 4) is 11.5 Å². The molecule has 1 aliphatic rings. The lowest BCUT2D eigenvalue weighted by molar-refractivity contribution is 0.171. The molecular formula is C10H11NO3S. The summed E-state index contributed by atoms with van der Waals surface area (Å²) in [5.41, 5.74) is 0.960. The van der Waals surface area contributed by atoms with Crippen LogP contribution in [0.15, 0.2) is 18.2 Å². The van der Waals surface area contributed by atoms with Gasteiger partial charge in [-0.15, -0.1) is 0 Å². The fourth-order valence-electron chi connectivity index (χ4n) is 1.38. The van der Waals surface area contributed by atoms with Gasteiger partial charge in [-0.1, -0.05) is 18.7 Å². The lowest BCUT2D eigenvalue weighted by Crippen LogP contribution is -2.17. The normalized spacial score (nSPS) is 13.4. The highest BCUT2D eigenvalue weighted by Gasteiger charge is 2.11. The van der Waals surface area contributed by atoms with Crippen molar-refractivity contribution in [1.29, 1.82) is 0 Å². The van der Waals surface area contributed by atoms with Crippen LogP contribution >= 0.6 is 12.6 Å². The second-order valence-electron chi connectivity index (χ2n) is 3.14. The van der Waals surface area contributed by atoms with Crippen LogP contribution in [-0.2, 0) is 6.54 Å². The SMILES string of the molecule is O=C(S)NCc1ccc2c(c1)OCCO2. The van der Waals surface area contributed by atoms with Crippen molar-refractivity contribution in [2.45, 2.75) is 6.54 Å². The zero-order valence-corrected chi connectivity index (χ0v) is 8.92. The Morgan fingerprint density at radius 1 is 1.33 bits per heavy atom. The maximum absolute atomic E-state index is 10.6. The summed E-state index contributed by atoms with van der Waals surface area (Å²) in [4.78, 5) is 10.6. The van der Waals surface area contributed by atoms with Crippen LogP contribution in [-0.4, -0.2) is 18.5 Å². The zero-order valence-electron chi connectivity index (χ0n) is 8.03. The van der Waals surface area contributed by atoms with Gasteiger partial charge in [0.05, 0.1) is 0 Å². The monoisotopic (exact) mass is 225 g/mol. The minimum atomic E-state index is -0.343. The van der Waals surface area contributed by atoms with Gasteiger partial charge in [0.25, 0.3) is 5.24 Å². The number of carbonyl (C=O) groups excluding carboxylic acids is 1. The van der Waals surface area contributed by atoms with E-state index in [0.29, 0.717) is 19.8 Å². The van der Waals surface area contributed by atoms with E-state index >= 15 is 0 Å². The molecule has 1 aromatic carbocycles. The van der Waals surface area contributed by atoms with Crippen LogP contribution in [0.5, 0.6) is 11.5 Å². The van der Waals surface area contributed by atoms with Gasteiger partial charge >= 0.3 is 0 Å². The predicted octanol–water partition coefficient (Wildman–Crippen LogP) is 1.60. The van der Waals surface area contributed by atoms with Crippen LogP contribution in [0, 0.1) is 0 Å². The molecule has 0 fully saturated rings. The highest BCUT2D eigenvalue weighted by Crippen LogP contribution is 2.30. The van der Waals surface area contributed by atoms with Crippen LogP contribution in [0.2, 0.25) is 0 Å². The number of amides is 1. The molecule has 15 heavy (non-hydrogen) atoms. The van der Waals surface area contributed by atoms with Crippen molar-refractivity contribution >= 4 is 17.9 Å². The van der Waals surface area contributed by atoms with Gasteiger partial charge in [0.15, 0.2) is 11.5 Å². The molecule has 1 aromatic rings. The predicted molar refractivity (Wildman–Crippen MR) is 58.7 cm³/mol. The summed E-state index contributed by atoms with van der Waals surface area (Å²) >= 11 is 3.62. The van der Waals surface area contributed by atoms with E-state index in [1.165, 1.54) is 0 Å². The fraction of sp³-hybridized carbons (Fsp3) is 0.300. The third kappa shape index (κ3) is 2.56. The minimum absolute atomic E-state index is 0.343. The Hall–Kier alpha value is -1.36. The van der Waals surface area contributed by atoms with Gasteiger partial charge < -0.3 is 14.8 Å². The summed E-state index contributed by atoms with van der Waals surface area (Å²) in [6.07, 6.45) is 0. The maximum atomic E-state index is 10.6. The van der Waals surface area contributed by atoms with Gasteiger partial charge in [-0.25, -0.2) is 0 Å². The standard InChI is InChI=1S/C10H11NO3S/c12-10(15)11-6-7-1-2-8-9(5-7)14-4-3-13-8/h1-2,5H,3-4,6H2,(H2,11,12,15). The summed E-state index contributed by atoms with van der Waals surface area (Å²) in [7, 11) is 0. The van der Waals surface area contributed by atoms with Crippen molar-refractivity contribution in [3.05, 3.63) is 23.8 Å². The summed E-state index contributed by atoms with van der Waals surface area (Å²) in [5.74, 6) is 1.48. The molecule has 0 bridgehead atoms. The van der Waals surface area contributed by atoms with Gasteiger partial charge in [0, 0.05) is 6.54 Å². The highest BCUT2D eigenvalue weighted by molar-refractivity contribution is 7.96. The van der Waals surface area contributed by atoms with Crippen LogP contribution in [0.3, 0.4) is 0 Å². The molecule has 1 N–H and O–H groups in total. The number of hydrogen-bond donors (Lipinski definition) is 2. The number of carbonyl (C=O) groups is 1. The number of ether oxygens (including phenoxy) is 2. The number of benzene rings is 1. The van der Waals surface area contributed by atoms with Gasteiger partial charge in [0.2, 0.25) is 0 Å². The number of thiol groups is 1. The van der Waals surface area contributed by atoms with Gasteiger partial charge in [0.1, 0.15) is 13.2 Å². The first-order valence-corrected chi connectivity index (χ1v) is 5.06. The average Bonchev–Trinajstić information content (AvgIpc) is 2.26. The molecule has 0 aromatic heterocycles. The molecule has 1 amide bonds. The molecule has 0 atom stereocenters. The van der Waals surface area contributed by atoms with E-state index in [4.69, 9.17) is 9.47 Å². The Morgan fingerprint density at radius 3 is 2.80 bits per heavy atom. The van der Waals surface area contributed by atoms with Gasteiger partial charge in [-0.3, -0.25) is 4.79 Å². The van der Waals surface area contributed by atoms with Crippen molar-refractivity contribution in [2.75, 3.05) is 13.2 Å². The van der Waals surface area contributed by atoms with Crippen molar-refractivity contribution < 1.29 is 14.3 Å². The molecule has 1 aliphatic heterocycles. The summed E-state index contributed by atoms with van der Waals surface area (Å²) in [5, 5.41) is 2.25. The molecule has 0 spiro atoms. The molecule has 0 radical (unpaired) electrons. The Balaban J connectivity index is 2.10. The Kier molecular flexibility index (Phi) is 3.01. The first-order chi connectivity index (χ1) is 7.25. The number of fused-ring (bicyclic) bond motifs is 1. The topological polar surface area (TPSA) is 47.6 Å². The summed E-state index contributed by atoms with van der Waals surface area (Å²) in [6, 6.07) is 5.59. The molecule has 5 heteroatoms. The Morgan fingerprint density at radius 2 is 2.07 bits per heavy atom. The summed E-state index contributed by atoms with van der Waals surface area (Å²) in [6.45, 7) is 1.59. The smallest absolute Gasteiger partial charge is 0.276 e. The van der Waals surface area contributed by atoms with E-state index in [9.17, 15) is 4.79 Å². The molecule has 0 unspecified atom stereocenters. The number of nitrogens with one attached hydrogen (secondary N) is 1. The third-order valence-electron chi connectivity index (χ3n) is 2.05. The second kappa shape index (κ2) is 4.44. The van der Waals surface area contributed by atoms with Crippen molar-refractivity contribution in [2.24, 2.45) is 0 Å². The lowest BCUT2D eigenvalue weighted by atomic mass is 10.2. The minimum Gasteiger partial charge on any atom is -0.486 e. The van der Waals surface area contributed by atoms with Crippen LogP contribution in [0.25, 0.3) is 0 Å². The number of rotatable bonds is 2. The van der Waals surface area contributed by atoms with E-state index in [-0.39, 0.29) is 5.24 Å². The number of hydrogen-bond acceptors (Lipinski definition) is 3. The summed E-state index contributed by atoms with van der Waals surface area (Å²) < 4.78 is 10.8. The Bertz CT molecular complexity index is 381. The Labute approximate surface area is 93.0 Å². The van der Waals surface area contributed by atoms with E-state index in [1.54, 1.807) is 0 Å². The fourth-order valence-corrected chi connectivity index (χ4v) is 1.45. The van der Waals surface area contributed by atoms with Crippen molar-refractivity contribution in [1.82, 2.24) is 5.32 Å². The molecule has 4 nitrogen and oxygen atoms in total. The first-order valence-electron chi connectivity index (χ1n) is 4.61. The molecule has 0 aliphatic carbocycles. The maximum Gasteiger partial charge on any atom is 0.276 e. The van der Waals surface area contributed by atoms with Crippen LogP contribution in [0.4, 0.5) is 4.79 Å². The third-order valence-corrected chi connectivity index (χ3v) is 2.21. The first kappa shape index (κ1) is 10.2. The lowest BCUT2D eigenvalue weighted by Gasteiger charge is -2.18. The van der Waals surface area contributed by atoms with E-state index < -0.39 is 0 Å². The van der Waals surface area contributed by atoms with Crippen LogP contribution < -0.4 is 14.8 Å². The molecule has 1 heterocycles. The molecule has 0 saturated carbocycles. The largest absolute Gasteiger partial charge is 0.486 e. The van der Waals surface area contributed by atoms with E-state index in [1.807, 2.05) is 18.2 Å². The second-order valence-corrected chi connectivity index (χ2v) is 3.54.